The molecule has 0 radical (unpaired) electrons. The number of benzene rings is 2. The quantitative estimate of drug-likeness (QED) is 0.314. The molecule has 40 heavy (non-hydrogen) atoms. The number of amides is 1. The van der Waals surface area contributed by atoms with Crippen molar-refractivity contribution in [2.45, 2.75) is 89.3 Å². The standard InChI is InChI=1S/C31H40Cl2FN3O3/c1-29(2,3)16-24-31(17-35,21-15-18(32)9-10-23(21)34)25(20-7-5-6-8-22(20)33)26(37-24)27(38)36-19-11-13-30(4,14-12-19)28(39)40/h5-10,15,19,24-26,37H,11-14,16-17,35H2,1-4H3,(H,36,38)(H,39,40)/t19?,24-,25-,26+,30?,31-/m0/s1. The highest BCUT2D eigenvalue weighted by atomic mass is 35.5. The Bertz CT molecular complexity index is 1260. The Morgan fingerprint density at radius 3 is 2.38 bits per heavy atom. The molecule has 0 bridgehead atoms. The minimum absolute atomic E-state index is 0.0536. The molecule has 1 aliphatic carbocycles. The Hall–Kier alpha value is -2.19. The van der Waals surface area contributed by atoms with Crippen LogP contribution >= 0.6 is 23.2 Å². The Morgan fingerprint density at radius 2 is 1.80 bits per heavy atom. The average molecular weight is 593 g/mol. The fourth-order valence-electron chi connectivity index (χ4n) is 6.73. The molecule has 5 N–H and O–H groups in total. The summed E-state index contributed by atoms with van der Waals surface area (Å²) >= 11 is 13.2. The summed E-state index contributed by atoms with van der Waals surface area (Å²) in [6.45, 7) is 8.11. The van der Waals surface area contributed by atoms with Crippen LogP contribution in [0.25, 0.3) is 0 Å². The SMILES string of the molecule is CC(C)(C)C[C@@H]1N[C@@H](C(=O)NC2CCC(C)(C(=O)O)CC2)[C@H](c2ccccc2Cl)[C@@]1(CN)c1cc(Cl)ccc1F. The fourth-order valence-corrected chi connectivity index (χ4v) is 7.16. The molecule has 2 aromatic rings. The van der Waals surface area contributed by atoms with E-state index in [1.54, 1.807) is 19.1 Å². The lowest BCUT2D eigenvalue weighted by atomic mass is 9.62. The van der Waals surface area contributed by atoms with E-state index < -0.39 is 34.6 Å². The van der Waals surface area contributed by atoms with Gasteiger partial charge in [0.15, 0.2) is 0 Å². The lowest BCUT2D eigenvalue weighted by Crippen LogP contribution is -2.50. The van der Waals surface area contributed by atoms with Crippen LogP contribution in [-0.2, 0) is 15.0 Å². The van der Waals surface area contributed by atoms with Gasteiger partial charge in [-0.1, -0.05) is 62.2 Å². The zero-order valence-corrected chi connectivity index (χ0v) is 25.1. The molecule has 1 saturated heterocycles. The lowest BCUT2D eigenvalue weighted by Gasteiger charge is -2.42. The van der Waals surface area contributed by atoms with Gasteiger partial charge in [0.2, 0.25) is 5.91 Å². The van der Waals surface area contributed by atoms with Crippen LogP contribution in [0.15, 0.2) is 42.5 Å². The summed E-state index contributed by atoms with van der Waals surface area (Å²) in [6.07, 6.45) is 2.70. The third-order valence-electron chi connectivity index (χ3n) is 8.95. The molecule has 0 aromatic heterocycles. The van der Waals surface area contributed by atoms with E-state index in [2.05, 4.69) is 31.4 Å². The van der Waals surface area contributed by atoms with E-state index in [0.29, 0.717) is 53.3 Å². The molecule has 4 rings (SSSR count). The van der Waals surface area contributed by atoms with Crippen LogP contribution in [0.2, 0.25) is 10.0 Å². The Balaban J connectivity index is 1.81. The smallest absolute Gasteiger partial charge is 0.309 e. The maximum atomic E-state index is 15.8. The molecule has 1 saturated carbocycles. The van der Waals surface area contributed by atoms with Crippen LogP contribution in [0, 0.1) is 16.6 Å². The second kappa shape index (κ2) is 11.6. The van der Waals surface area contributed by atoms with Crippen LogP contribution < -0.4 is 16.4 Å². The van der Waals surface area contributed by atoms with Gasteiger partial charge >= 0.3 is 5.97 Å². The van der Waals surface area contributed by atoms with E-state index in [4.69, 9.17) is 28.9 Å². The molecule has 1 heterocycles. The van der Waals surface area contributed by atoms with Crippen molar-refractivity contribution in [3.8, 4) is 0 Å². The van der Waals surface area contributed by atoms with Crippen molar-refractivity contribution in [2.75, 3.05) is 6.54 Å². The van der Waals surface area contributed by atoms with Gasteiger partial charge in [-0.3, -0.25) is 9.59 Å². The molecular weight excluding hydrogens is 552 g/mol. The highest BCUT2D eigenvalue weighted by molar-refractivity contribution is 6.31. The van der Waals surface area contributed by atoms with Crippen LogP contribution in [-0.4, -0.2) is 41.7 Å². The van der Waals surface area contributed by atoms with Crippen molar-refractivity contribution in [1.29, 1.82) is 0 Å². The van der Waals surface area contributed by atoms with Crippen LogP contribution in [0.3, 0.4) is 0 Å². The molecule has 1 amide bonds. The molecule has 218 valence electrons. The summed E-state index contributed by atoms with van der Waals surface area (Å²) in [7, 11) is 0. The van der Waals surface area contributed by atoms with Crippen molar-refractivity contribution in [3.05, 3.63) is 69.5 Å². The third kappa shape index (κ3) is 5.89. The van der Waals surface area contributed by atoms with E-state index in [1.807, 2.05) is 18.2 Å². The first-order valence-electron chi connectivity index (χ1n) is 13.9. The van der Waals surface area contributed by atoms with Gasteiger partial charge in [-0.2, -0.15) is 0 Å². The number of rotatable bonds is 7. The van der Waals surface area contributed by atoms with E-state index in [0.717, 1.165) is 0 Å². The fraction of sp³-hybridized carbons (Fsp3) is 0.548. The van der Waals surface area contributed by atoms with Crippen LogP contribution in [0.5, 0.6) is 0 Å². The molecular formula is C31H40Cl2FN3O3. The number of carbonyl (C=O) groups is 2. The summed E-state index contributed by atoms with van der Waals surface area (Å²) in [5.41, 5.74) is 5.70. The summed E-state index contributed by atoms with van der Waals surface area (Å²) in [6, 6.07) is 10.5. The molecule has 2 aromatic carbocycles. The van der Waals surface area contributed by atoms with Gasteiger partial charge in [-0.15, -0.1) is 0 Å². The highest BCUT2D eigenvalue weighted by Crippen LogP contribution is 2.53. The first kappa shape index (κ1) is 30.8. The van der Waals surface area contributed by atoms with Gasteiger partial charge in [0.05, 0.1) is 11.5 Å². The van der Waals surface area contributed by atoms with Crippen LogP contribution in [0.1, 0.15) is 76.8 Å². The lowest BCUT2D eigenvalue weighted by molar-refractivity contribution is -0.150. The minimum Gasteiger partial charge on any atom is -0.481 e. The monoisotopic (exact) mass is 591 g/mol. The maximum Gasteiger partial charge on any atom is 0.309 e. The minimum atomic E-state index is -1.04. The molecule has 2 fully saturated rings. The second-order valence-corrected chi connectivity index (χ2v) is 13.8. The normalized spacial score (nSPS) is 30.7. The van der Waals surface area contributed by atoms with Gasteiger partial charge in [-0.05, 0) is 79.8 Å². The summed E-state index contributed by atoms with van der Waals surface area (Å²) < 4.78 is 15.8. The average Bonchev–Trinajstić information content (AvgIpc) is 3.20. The first-order valence-corrected chi connectivity index (χ1v) is 14.7. The Labute approximate surface area is 246 Å². The number of aliphatic carboxylic acids is 1. The number of carboxylic acids is 1. The number of carboxylic acid groups (broad SMARTS) is 1. The van der Waals surface area contributed by atoms with Crippen molar-refractivity contribution in [3.63, 3.8) is 0 Å². The highest BCUT2D eigenvalue weighted by Gasteiger charge is 2.59. The molecule has 2 aliphatic rings. The summed E-state index contributed by atoms with van der Waals surface area (Å²) in [5.74, 6) is -2.08. The predicted octanol–water partition coefficient (Wildman–Crippen LogP) is 6.04. The number of halogens is 3. The molecule has 6 nitrogen and oxygen atoms in total. The van der Waals surface area contributed by atoms with E-state index in [1.165, 1.54) is 12.1 Å². The van der Waals surface area contributed by atoms with Crippen molar-refractivity contribution < 1.29 is 19.1 Å². The molecule has 0 unspecified atom stereocenters. The zero-order chi connectivity index (χ0) is 29.5. The largest absolute Gasteiger partial charge is 0.481 e. The van der Waals surface area contributed by atoms with Gasteiger partial charge in [-0.25, -0.2) is 4.39 Å². The maximum absolute atomic E-state index is 15.8. The molecule has 9 heteroatoms. The number of carbonyl (C=O) groups excluding carboxylic acids is 1. The van der Waals surface area contributed by atoms with Crippen molar-refractivity contribution in [2.24, 2.45) is 16.6 Å². The third-order valence-corrected chi connectivity index (χ3v) is 9.53. The van der Waals surface area contributed by atoms with E-state index in [-0.39, 0.29) is 30.0 Å². The van der Waals surface area contributed by atoms with Crippen LogP contribution in [0.4, 0.5) is 4.39 Å². The topological polar surface area (TPSA) is 104 Å². The first-order chi connectivity index (χ1) is 18.7. The molecule has 0 spiro atoms. The predicted molar refractivity (Wildman–Crippen MR) is 157 cm³/mol. The number of nitrogens with two attached hydrogens (primary N) is 1. The van der Waals surface area contributed by atoms with Gasteiger partial charge in [0, 0.05) is 40.0 Å². The summed E-state index contributed by atoms with van der Waals surface area (Å²) in [5, 5.41) is 17.2. The van der Waals surface area contributed by atoms with Gasteiger partial charge < -0.3 is 21.5 Å². The van der Waals surface area contributed by atoms with Gasteiger partial charge in [0.25, 0.3) is 0 Å². The van der Waals surface area contributed by atoms with Crippen molar-refractivity contribution in [1.82, 2.24) is 10.6 Å². The Morgan fingerprint density at radius 1 is 1.15 bits per heavy atom. The van der Waals surface area contributed by atoms with Gasteiger partial charge in [0.1, 0.15) is 5.82 Å². The number of nitrogens with one attached hydrogen (secondary N) is 2. The Kier molecular flexibility index (Phi) is 8.92. The zero-order valence-electron chi connectivity index (χ0n) is 23.6. The molecule has 4 atom stereocenters. The van der Waals surface area contributed by atoms with E-state index in [9.17, 15) is 14.7 Å². The number of hydrogen-bond donors (Lipinski definition) is 4. The van der Waals surface area contributed by atoms with Crippen molar-refractivity contribution >= 4 is 35.1 Å². The summed E-state index contributed by atoms with van der Waals surface area (Å²) in [4.78, 5) is 25.8. The number of hydrogen-bond acceptors (Lipinski definition) is 4. The van der Waals surface area contributed by atoms with E-state index >= 15 is 4.39 Å². The second-order valence-electron chi connectivity index (χ2n) is 13.0. The molecule has 1 aliphatic heterocycles.